The van der Waals surface area contributed by atoms with Crippen LogP contribution < -0.4 is 19.9 Å². The van der Waals surface area contributed by atoms with Gasteiger partial charge in [-0.3, -0.25) is 19.8 Å². The number of pyridine rings is 1. The van der Waals surface area contributed by atoms with Gasteiger partial charge in [-0.05, 0) is 56.2 Å². The van der Waals surface area contributed by atoms with Gasteiger partial charge in [0.25, 0.3) is 18.7 Å². The zero-order chi connectivity index (χ0) is 38.1. The quantitative estimate of drug-likeness (QED) is 0.0717. The first-order valence-corrected chi connectivity index (χ1v) is 18.1. The largest absolute Gasteiger partial charge is 0.497 e. The van der Waals surface area contributed by atoms with Crippen LogP contribution in [-0.2, 0) is 48.5 Å². The molecule has 2 atom stereocenters. The molecule has 2 aromatic heterocycles. The molecule has 3 aromatic rings. The van der Waals surface area contributed by atoms with Crippen molar-refractivity contribution in [2.45, 2.75) is 57.5 Å². The summed E-state index contributed by atoms with van der Waals surface area (Å²) in [5.41, 5.74) is 0.749. The number of nitrogens with zero attached hydrogens (tertiary/aromatic N) is 4. The van der Waals surface area contributed by atoms with Crippen LogP contribution in [0.5, 0.6) is 5.75 Å². The van der Waals surface area contributed by atoms with Crippen LogP contribution in [0.1, 0.15) is 37.6 Å². The van der Waals surface area contributed by atoms with Gasteiger partial charge in [0, 0.05) is 22.8 Å². The Morgan fingerprint density at radius 1 is 1.19 bits per heavy atom. The third-order valence-electron chi connectivity index (χ3n) is 7.52. The molecule has 2 aliphatic heterocycles. The molecule has 1 fully saturated rings. The Labute approximate surface area is 312 Å². The molecule has 3 amide bonds. The van der Waals surface area contributed by atoms with E-state index in [9.17, 15) is 28.7 Å². The number of β-lactam (4-membered cyclic amide) rings is 1. The van der Waals surface area contributed by atoms with Crippen LogP contribution in [0.2, 0.25) is 0 Å². The van der Waals surface area contributed by atoms with Crippen LogP contribution in [0.15, 0.2) is 82.7 Å². The average Bonchev–Trinajstić information content (AvgIpc) is 3.59. The molecule has 5 rings (SSSR count). The lowest BCUT2D eigenvalue weighted by atomic mass is 10.0. The number of amides is 3. The van der Waals surface area contributed by atoms with Crippen molar-refractivity contribution >= 4 is 57.8 Å². The molecule has 3 N–H and O–H groups in total. The number of alkyl halides is 1. The molecule has 0 saturated carbocycles. The fraction of sp³-hybridized carbons (Fsp3) is 0.343. The minimum absolute atomic E-state index is 0.0372. The maximum Gasteiger partial charge on any atom is 0.413 e. The van der Waals surface area contributed by atoms with Crippen LogP contribution in [0.3, 0.4) is 0 Å². The molecule has 0 aliphatic carbocycles. The van der Waals surface area contributed by atoms with Crippen LogP contribution in [0, 0.1) is 0 Å². The van der Waals surface area contributed by atoms with Gasteiger partial charge in [0.2, 0.25) is 0 Å². The average molecular weight is 770 g/mol. The Bertz CT molecular complexity index is 1930. The normalized spacial score (nSPS) is 17.2. The first-order valence-electron chi connectivity index (χ1n) is 16.2. The molecule has 18 heteroatoms. The summed E-state index contributed by atoms with van der Waals surface area (Å²) in [5, 5.41) is 18.9. The SMILES string of the molecule is COc1ccc(COC(=O)C2=C(/C=C/C[n+]3cccc(CO)c3)CS[C@H]3[C@H](NC(=O)/C(=N\OCF)c4csc(NC(=O)OC(C)(C)C)n4)C(=O)N23)cc1. The number of thiazole rings is 1. The van der Waals surface area contributed by atoms with Gasteiger partial charge in [-0.25, -0.2) is 23.5 Å². The summed E-state index contributed by atoms with van der Waals surface area (Å²) >= 11 is 2.28. The maximum absolute atomic E-state index is 13.7. The Kier molecular flexibility index (Phi) is 12.8. The van der Waals surface area contributed by atoms with E-state index in [0.717, 1.165) is 16.9 Å². The van der Waals surface area contributed by atoms with E-state index < -0.39 is 53.5 Å². The number of methoxy groups -OCH3 is 1. The second-order valence-corrected chi connectivity index (χ2v) is 14.4. The molecular formula is C35H38FN6O9S2+. The molecule has 280 valence electrons. The summed E-state index contributed by atoms with van der Waals surface area (Å²) in [7, 11) is 1.54. The number of aromatic nitrogens is 2. The van der Waals surface area contributed by atoms with Crippen LogP contribution in [0.25, 0.3) is 0 Å². The Balaban J connectivity index is 1.33. The molecule has 0 radical (unpaired) electrons. The number of halogens is 1. The summed E-state index contributed by atoms with van der Waals surface area (Å²) < 4.78 is 30.9. The van der Waals surface area contributed by atoms with E-state index in [0.29, 0.717) is 29.2 Å². The van der Waals surface area contributed by atoms with Crippen molar-refractivity contribution in [1.82, 2.24) is 15.2 Å². The number of aliphatic hydroxyl groups excluding tert-OH is 1. The summed E-state index contributed by atoms with van der Waals surface area (Å²) in [4.78, 5) is 63.1. The lowest BCUT2D eigenvalue weighted by Gasteiger charge is -2.49. The minimum Gasteiger partial charge on any atom is -0.497 e. The molecular weight excluding hydrogens is 732 g/mol. The molecule has 0 spiro atoms. The lowest BCUT2D eigenvalue weighted by Crippen LogP contribution is -2.71. The number of aliphatic hydroxyl groups is 1. The number of nitrogens with one attached hydrogen (secondary N) is 2. The second kappa shape index (κ2) is 17.5. The number of hydrogen-bond acceptors (Lipinski definition) is 13. The van der Waals surface area contributed by atoms with Crippen LogP contribution in [0.4, 0.5) is 14.3 Å². The van der Waals surface area contributed by atoms with Gasteiger partial charge in [0.05, 0.1) is 13.7 Å². The predicted molar refractivity (Wildman–Crippen MR) is 192 cm³/mol. The highest BCUT2D eigenvalue weighted by atomic mass is 32.2. The summed E-state index contributed by atoms with van der Waals surface area (Å²) in [5.74, 6) is -1.28. The van der Waals surface area contributed by atoms with E-state index in [-0.39, 0.29) is 29.7 Å². The van der Waals surface area contributed by atoms with Gasteiger partial charge >= 0.3 is 12.1 Å². The molecule has 1 aromatic carbocycles. The number of esters is 1. The van der Waals surface area contributed by atoms with Gasteiger partial charge in [-0.15, -0.1) is 23.1 Å². The molecule has 15 nitrogen and oxygen atoms in total. The number of rotatable bonds is 14. The molecule has 1 saturated heterocycles. The fourth-order valence-corrected chi connectivity index (χ4v) is 7.13. The third kappa shape index (κ3) is 9.97. The number of allylic oxidation sites excluding steroid dienone is 2. The number of ether oxygens (including phenoxy) is 3. The smallest absolute Gasteiger partial charge is 0.413 e. The second-order valence-electron chi connectivity index (χ2n) is 12.5. The standard InChI is InChI=1S/C35H37FN6O9S2/c1-35(2,3)51-34(47)39-33-37-25(19-53-33)26(40-50-20-36)29(44)38-27-30(45)42-28(32(46)49-17-21-9-11-24(48-4)12-10-21)23(18-52-31(27)42)8-6-14-41-13-5-7-22(15-41)16-43/h5-13,15,19,27,31,43H,14,16-18,20H2,1-4H3,(H-,37,38,39,44,47)/p+1/b8-6+,40-26-/t27-,31+/m1/s1. The number of fused-ring (bicyclic) bond motifs is 1. The Morgan fingerprint density at radius 2 is 1.96 bits per heavy atom. The molecule has 2 aliphatic rings. The van der Waals surface area contributed by atoms with Gasteiger partial charge in [-0.1, -0.05) is 23.4 Å². The van der Waals surface area contributed by atoms with Gasteiger partial charge in [-0.2, -0.15) is 0 Å². The van der Waals surface area contributed by atoms with Crippen molar-refractivity contribution < 1.29 is 52.3 Å². The van der Waals surface area contributed by atoms with Gasteiger partial charge < -0.3 is 29.5 Å². The molecule has 0 bridgehead atoms. The van der Waals surface area contributed by atoms with Crippen LogP contribution >= 0.6 is 23.1 Å². The summed E-state index contributed by atoms with van der Waals surface area (Å²) in [6, 6.07) is 9.49. The monoisotopic (exact) mass is 769 g/mol. The van der Waals surface area contributed by atoms with E-state index in [1.807, 2.05) is 22.9 Å². The van der Waals surface area contributed by atoms with Crippen molar-refractivity contribution in [3.63, 3.8) is 0 Å². The lowest BCUT2D eigenvalue weighted by molar-refractivity contribution is -0.687. The van der Waals surface area contributed by atoms with Crippen LogP contribution in [-0.4, -0.2) is 81.3 Å². The molecule has 0 unspecified atom stereocenters. The number of carbonyl (C=O) groups is 4. The number of hydrogen-bond donors (Lipinski definition) is 3. The molecule has 4 heterocycles. The fourth-order valence-electron chi connectivity index (χ4n) is 5.13. The summed E-state index contributed by atoms with van der Waals surface area (Å²) in [6.07, 6.45) is 6.42. The molecule has 53 heavy (non-hydrogen) atoms. The Morgan fingerprint density at radius 3 is 2.66 bits per heavy atom. The third-order valence-corrected chi connectivity index (χ3v) is 9.58. The van der Waals surface area contributed by atoms with Crippen molar-refractivity contribution in [2.75, 3.05) is 25.0 Å². The highest BCUT2D eigenvalue weighted by molar-refractivity contribution is 8.00. The zero-order valence-electron chi connectivity index (χ0n) is 29.2. The van der Waals surface area contributed by atoms with E-state index in [1.165, 1.54) is 22.0 Å². The predicted octanol–water partition coefficient (Wildman–Crippen LogP) is 3.58. The van der Waals surface area contributed by atoms with Crippen molar-refractivity contribution in [2.24, 2.45) is 5.16 Å². The minimum atomic E-state index is -1.34. The van der Waals surface area contributed by atoms with E-state index in [2.05, 4.69) is 25.6 Å². The highest BCUT2D eigenvalue weighted by Crippen LogP contribution is 2.41. The maximum atomic E-state index is 13.7. The number of anilines is 1. The van der Waals surface area contributed by atoms with E-state index in [4.69, 9.17) is 14.2 Å². The van der Waals surface area contributed by atoms with Crippen molar-refractivity contribution in [3.05, 3.63) is 94.4 Å². The van der Waals surface area contributed by atoms with E-state index in [1.54, 1.807) is 70.5 Å². The van der Waals surface area contributed by atoms with Crippen molar-refractivity contribution in [3.8, 4) is 5.75 Å². The number of benzene rings is 1. The first-order chi connectivity index (χ1) is 25.4. The number of oxime groups is 1. The van der Waals surface area contributed by atoms with Gasteiger partial charge in [0.1, 0.15) is 40.8 Å². The van der Waals surface area contributed by atoms with Gasteiger partial charge in [0.15, 0.2) is 29.8 Å². The first kappa shape index (κ1) is 38.9. The topological polar surface area (TPSA) is 182 Å². The highest BCUT2D eigenvalue weighted by Gasteiger charge is 2.54. The number of thioether (sulfide) groups is 1. The Hall–Kier alpha value is -5.33. The summed E-state index contributed by atoms with van der Waals surface area (Å²) in [6.45, 7) is 3.97. The number of carbonyl (C=O) groups excluding carboxylic acids is 4. The van der Waals surface area contributed by atoms with Crippen molar-refractivity contribution in [1.29, 1.82) is 0 Å². The zero-order valence-corrected chi connectivity index (χ0v) is 30.9. The van der Waals surface area contributed by atoms with E-state index >= 15 is 0 Å².